The van der Waals surface area contributed by atoms with Crippen LogP contribution in [0.1, 0.15) is 10.9 Å². The Morgan fingerprint density at radius 1 is 1.31 bits per heavy atom. The SMILES string of the molecule is COc1ccc([C@@H]2NC(=O)CS2)cc1OC. The fourth-order valence-corrected chi connectivity index (χ4v) is 2.54. The highest BCUT2D eigenvalue weighted by atomic mass is 32.2. The number of benzene rings is 1. The topological polar surface area (TPSA) is 47.6 Å². The minimum Gasteiger partial charge on any atom is -0.493 e. The van der Waals surface area contributed by atoms with E-state index in [-0.39, 0.29) is 11.3 Å². The van der Waals surface area contributed by atoms with Crippen LogP contribution in [0.2, 0.25) is 0 Å². The van der Waals surface area contributed by atoms with Crippen LogP contribution in [0.4, 0.5) is 0 Å². The van der Waals surface area contributed by atoms with Gasteiger partial charge in [0.1, 0.15) is 5.37 Å². The minimum absolute atomic E-state index is 0.0207. The molecule has 1 atom stereocenters. The molecule has 1 N–H and O–H groups in total. The van der Waals surface area contributed by atoms with Crippen molar-refractivity contribution in [3.05, 3.63) is 23.8 Å². The van der Waals surface area contributed by atoms with E-state index in [1.165, 1.54) is 0 Å². The highest BCUT2D eigenvalue weighted by Gasteiger charge is 2.23. The van der Waals surface area contributed by atoms with Crippen molar-refractivity contribution in [2.45, 2.75) is 5.37 Å². The van der Waals surface area contributed by atoms with Crippen LogP contribution in [0, 0.1) is 0 Å². The second-order valence-electron chi connectivity index (χ2n) is 3.37. The van der Waals surface area contributed by atoms with Crippen LogP contribution in [-0.4, -0.2) is 25.9 Å². The number of nitrogens with one attached hydrogen (secondary N) is 1. The molecule has 1 aromatic rings. The molecular weight excluding hydrogens is 226 g/mol. The molecule has 0 unspecified atom stereocenters. The summed E-state index contributed by atoms with van der Waals surface area (Å²) < 4.78 is 10.4. The molecule has 1 amide bonds. The van der Waals surface area contributed by atoms with E-state index in [1.54, 1.807) is 26.0 Å². The van der Waals surface area contributed by atoms with Crippen LogP contribution in [0.15, 0.2) is 18.2 Å². The van der Waals surface area contributed by atoms with Gasteiger partial charge in [-0.25, -0.2) is 0 Å². The first kappa shape index (κ1) is 11.1. The first-order valence-electron chi connectivity index (χ1n) is 4.87. The average Bonchev–Trinajstić information content (AvgIpc) is 2.75. The Morgan fingerprint density at radius 2 is 2.06 bits per heavy atom. The Labute approximate surface area is 98.3 Å². The van der Waals surface area contributed by atoms with Crippen molar-refractivity contribution >= 4 is 17.7 Å². The molecule has 1 saturated heterocycles. The van der Waals surface area contributed by atoms with Crippen LogP contribution in [-0.2, 0) is 4.79 Å². The van der Waals surface area contributed by atoms with E-state index < -0.39 is 0 Å². The zero-order valence-corrected chi connectivity index (χ0v) is 9.97. The van der Waals surface area contributed by atoms with Crippen molar-refractivity contribution < 1.29 is 14.3 Å². The van der Waals surface area contributed by atoms with Crippen molar-refractivity contribution in [2.24, 2.45) is 0 Å². The van der Waals surface area contributed by atoms with Crippen LogP contribution >= 0.6 is 11.8 Å². The molecule has 4 nitrogen and oxygen atoms in total. The highest BCUT2D eigenvalue weighted by molar-refractivity contribution is 8.00. The van der Waals surface area contributed by atoms with Crippen molar-refractivity contribution in [2.75, 3.05) is 20.0 Å². The molecule has 1 aromatic carbocycles. The number of rotatable bonds is 3. The molecule has 0 saturated carbocycles. The molecular formula is C11H13NO3S. The molecule has 5 heteroatoms. The van der Waals surface area contributed by atoms with E-state index in [2.05, 4.69) is 5.32 Å². The maximum atomic E-state index is 11.1. The maximum Gasteiger partial charge on any atom is 0.231 e. The number of thioether (sulfide) groups is 1. The van der Waals surface area contributed by atoms with Gasteiger partial charge in [0.25, 0.3) is 0 Å². The molecule has 1 aliphatic rings. The molecule has 0 bridgehead atoms. The molecule has 0 aliphatic carbocycles. The number of carbonyl (C=O) groups is 1. The highest BCUT2D eigenvalue weighted by Crippen LogP contribution is 2.35. The number of amides is 1. The van der Waals surface area contributed by atoms with Gasteiger partial charge in [-0.2, -0.15) is 0 Å². The van der Waals surface area contributed by atoms with Crippen molar-refractivity contribution in [1.29, 1.82) is 0 Å². The summed E-state index contributed by atoms with van der Waals surface area (Å²) in [5, 5.41) is 2.91. The average molecular weight is 239 g/mol. The third-order valence-corrected chi connectivity index (χ3v) is 3.54. The van der Waals surface area contributed by atoms with Gasteiger partial charge in [0, 0.05) is 0 Å². The Morgan fingerprint density at radius 3 is 2.62 bits per heavy atom. The summed E-state index contributed by atoms with van der Waals surface area (Å²) in [4.78, 5) is 11.1. The lowest BCUT2D eigenvalue weighted by atomic mass is 10.2. The Balaban J connectivity index is 2.25. The summed E-state index contributed by atoms with van der Waals surface area (Å²) in [6.45, 7) is 0. The lowest BCUT2D eigenvalue weighted by Gasteiger charge is -2.13. The summed E-state index contributed by atoms with van der Waals surface area (Å²) >= 11 is 1.58. The zero-order chi connectivity index (χ0) is 11.5. The number of hydrogen-bond donors (Lipinski definition) is 1. The first-order valence-corrected chi connectivity index (χ1v) is 5.92. The van der Waals surface area contributed by atoms with E-state index in [1.807, 2.05) is 18.2 Å². The Hall–Kier alpha value is -1.36. The maximum absolute atomic E-state index is 11.1. The van der Waals surface area contributed by atoms with Crippen molar-refractivity contribution in [3.63, 3.8) is 0 Å². The molecule has 16 heavy (non-hydrogen) atoms. The molecule has 0 spiro atoms. The van der Waals surface area contributed by atoms with Crippen LogP contribution in [0.25, 0.3) is 0 Å². The lowest BCUT2D eigenvalue weighted by Crippen LogP contribution is -2.18. The van der Waals surface area contributed by atoms with Gasteiger partial charge in [0.05, 0.1) is 20.0 Å². The van der Waals surface area contributed by atoms with E-state index in [9.17, 15) is 4.79 Å². The predicted octanol–water partition coefficient (Wildman–Crippen LogP) is 1.57. The number of hydrogen-bond acceptors (Lipinski definition) is 4. The summed E-state index contributed by atoms with van der Waals surface area (Å²) in [5.74, 6) is 1.96. The first-order chi connectivity index (χ1) is 7.74. The standard InChI is InChI=1S/C11H13NO3S/c1-14-8-4-3-7(5-9(8)15-2)11-12-10(13)6-16-11/h3-5,11H,6H2,1-2H3,(H,12,13)/t11-/m1/s1. The molecule has 0 radical (unpaired) electrons. The molecule has 86 valence electrons. The fraction of sp³-hybridized carbons (Fsp3) is 0.364. The smallest absolute Gasteiger partial charge is 0.231 e. The van der Waals surface area contributed by atoms with E-state index in [0.29, 0.717) is 17.3 Å². The third-order valence-electron chi connectivity index (χ3n) is 2.38. The number of ether oxygens (including phenoxy) is 2. The van der Waals surface area contributed by atoms with E-state index >= 15 is 0 Å². The van der Waals surface area contributed by atoms with Gasteiger partial charge in [-0.15, -0.1) is 11.8 Å². The predicted molar refractivity (Wildman–Crippen MR) is 62.9 cm³/mol. The van der Waals surface area contributed by atoms with Crippen LogP contribution in [0.5, 0.6) is 11.5 Å². The molecule has 0 aromatic heterocycles. The van der Waals surface area contributed by atoms with Gasteiger partial charge in [0.2, 0.25) is 5.91 Å². The molecule has 1 aliphatic heterocycles. The lowest BCUT2D eigenvalue weighted by molar-refractivity contribution is -0.118. The molecule has 1 heterocycles. The van der Waals surface area contributed by atoms with Gasteiger partial charge in [-0.3, -0.25) is 4.79 Å². The minimum atomic E-state index is 0.0207. The van der Waals surface area contributed by atoms with Crippen molar-refractivity contribution in [3.8, 4) is 11.5 Å². The summed E-state index contributed by atoms with van der Waals surface area (Å²) in [6.07, 6.45) is 0. The fourth-order valence-electron chi connectivity index (χ4n) is 1.58. The molecule has 1 fully saturated rings. The summed E-state index contributed by atoms with van der Waals surface area (Å²) in [7, 11) is 3.20. The Kier molecular flexibility index (Phi) is 3.24. The van der Waals surface area contributed by atoms with Crippen LogP contribution in [0.3, 0.4) is 0 Å². The van der Waals surface area contributed by atoms with Gasteiger partial charge in [0.15, 0.2) is 11.5 Å². The van der Waals surface area contributed by atoms with Crippen LogP contribution < -0.4 is 14.8 Å². The number of methoxy groups -OCH3 is 2. The van der Waals surface area contributed by atoms with E-state index in [4.69, 9.17) is 9.47 Å². The second-order valence-corrected chi connectivity index (χ2v) is 4.47. The Bertz CT molecular complexity index is 408. The summed E-state index contributed by atoms with van der Waals surface area (Å²) in [6, 6.07) is 5.67. The van der Waals surface area contributed by atoms with Gasteiger partial charge < -0.3 is 14.8 Å². The second kappa shape index (κ2) is 4.65. The van der Waals surface area contributed by atoms with E-state index in [0.717, 1.165) is 5.56 Å². The van der Waals surface area contributed by atoms with Crippen molar-refractivity contribution in [1.82, 2.24) is 5.32 Å². The summed E-state index contributed by atoms with van der Waals surface area (Å²) in [5.41, 5.74) is 1.02. The molecule has 2 rings (SSSR count). The monoisotopic (exact) mass is 239 g/mol. The normalized spacial score (nSPS) is 19.4. The van der Waals surface area contributed by atoms with Gasteiger partial charge >= 0.3 is 0 Å². The third kappa shape index (κ3) is 2.09. The number of carbonyl (C=O) groups excluding carboxylic acids is 1. The largest absolute Gasteiger partial charge is 0.493 e. The zero-order valence-electron chi connectivity index (χ0n) is 9.15. The quantitative estimate of drug-likeness (QED) is 0.869. The van der Waals surface area contributed by atoms with Gasteiger partial charge in [-0.1, -0.05) is 6.07 Å². The van der Waals surface area contributed by atoms with Gasteiger partial charge in [-0.05, 0) is 17.7 Å².